The fourth-order valence-electron chi connectivity index (χ4n) is 2.65. The van der Waals surface area contributed by atoms with E-state index in [0.29, 0.717) is 24.7 Å². The Morgan fingerprint density at radius 1 is 1.48 bits per heavy atom. The summed E-state index contributed by atoms with van der Waals surface area (Å²) in [6.07, 6.45) is -0.405. The van der Waals surface area contributed by atoms with Crippen LogP contribution in [0.5, 0.6) is 0 Å². The van der Waals surface area contributed by atoms with E-state index in [1.807, 2.05) is 32.0 Å². The van der Waals surface area contributed by atoms with E-state index >= 15 is 0 Å². The molecule has 1 fully saturated rings. The quantitative estimate of drug-likeness (QED) is 0.646. The van der Waals surface area contributed by atoms with Crippen LogP contribution in [0, 0.1) is 3.57 Å². The van der Waals surface area contributed by atoms with Gasteiger partial charge in [-0.05, 0) is 54.1 Å². The van der Waals surface area contributed by atoms with E-state index in [1.165, 1.54) is 0 Å². The first-order valence-corrected chi connectivity index (χ1v) is 10.7. The second-order valence-electron chi connectivity index (χ2n) is 5.95. The third-order valence-electron chi connectivity index (χ3n) is 3.59. The Hall–Kier alpha value is 0.0700. The third kappa shape index (κ3) is 5.82. The van der Waals surface area contributed by atoms with Crippen LogP contribution in [0.4, 0.5) is 0 Å². The molecule has 0 spiro atoms. The summed E-state index contributed by atoms with van der Waals surface area (Å²) in [5, 5.41) is 3.98. The summed E-state index contributed by atoms with van der Waals surface area (Å²) in [6, 6.07) is 5.71. The van der Waals surface area contributed by atoms with Crippen LogP contribution in [0.25, 0.3) is 0 Å². The molecule has 0 saturated carbocycles. The fraction of sp³-hybridized carbons (Fsp3) is 0.600. The summed E-state index contributed by atoms with van der Waals surface area (Å²) in [4.78, 5) is 0. The van der Waals surface area contributed by atoms with E-state index in [2.05, 4.69) is 32.6 Å². The van der Waals surface area contributed by atoms with Gasteiger partial charge in [0, 0.05) is 28.6 Å². The van der Waals surface area contributed by atoms with Crippen molar-refractivity contribution >= 4 is 44.2 Å². The molecule has 1 aromatic rings. The smallest absolute Gasteiger partial charge is 0.214 e. The Morgan fingerprint density at radius 2 is 2.22 bits per heavy atom. The normalized spacial score (nSPS) is 23.0. The first-order chi connectivity index (χ1) is 10.8. The van der Waals surface area contributed by atoms with Crippen LogP contribution in [0.15, 0.2) is 18.2 Å². The van der Waals surface area contributed by atoms with Gasteiger partial charge in [-0.2, -0.15) is 0 Å². The van der Waals surface area contributed by atoms with Gasteiger partial charge < -0.3 is 10.1 Å². The highest BCUT2D eigenvalue weighted by Crippen LogP contribution is 2.28. The lowest BCUT2D eigenvalue weighted by Crippen LogP contribution is -2.40. The second-order valence-corrected chi connectivity index (χ2v) is 9.32. The van der Waals surface area contributed by atoms with Crippen molar-refractivity contribution in [3.63, 3.8) is 0 Å². The van der Waals surface area contributed by atoms with Crippen molar-refractivity contribution in [3.8, 4) is 0 Å². The zero-order chi connectivity index (χ0) is 17.0. The summed E-state index contributed by atoms with van der Waals surface area (Å²) in [5.74, 6) is -0.114. The van der Waals surface area contributed by atoms with Gasteiger partial charge in [-0.25, -0.2) is 13.1 Å². The minimum absolute atomic E-state index is 0.0544. The molecule has 0 aliphatic carbocycles. The second kappa shape index (κ2) is 8.44. The van der Waals surface area contributed by atoms with Crippen molar-refractivity contribution in [3.05, 3.63) is 32.4 Å². The molecule has 0 aromatic heterocycles. The zero-order valence-corrected chi connectivity index (χ0v) is 16.9. The predicted molar refractivity (Wildman–Crippen MR) is 102 cm³/mol. The van der Waals surface area contributed by atoms with Gasteiger partial charge in [-0.15, -0.1) is 0 Å². The van der Waals surface area contributed by atoms with E-state index in [0.717, 1.165) is 9.13 Å². The van der Waals surface area contributed by atoms with E-state index in [1.54, 1.807) is 0 Å². The first kappa shape index (κ1) is 19.4. The van der Waals surface area contributed by atoms with Crippen LogP contribution in [-0.2, 0) is 14.8 Å². The van der Waals surface area contributed by atoms with E-state index in [9.17, 15) is 8.42 Å². The van der Waals surface area contributed by atoms with E-state index in [-0.39, 0.29) is 17.7 Å². The van der Waals surface area contributed by atoms with Crippen LogP contribution >= 0.6 is 34.2 Å². The molecule has 2 rings (SSSR count). The lowest BCUT2D eigenvalue weighted by Gasteiger charge is -2.26. The van der Waals surface area contributed by atoms with Crippen LogP contribution in [-0.4, -0.2) is 46.0 Å². The van der Waals surface area contributed by atoms with Crippen molar-refractivity contribution in [1.29, 1.82) is 0 Å². The van der Waals surface area contributed by atoms with Gasteiger partial charge in [0.05, 0.1) is 23.5 Å². The molecule has 1 aliphatic heterocycles. The standard InChI is InChI=1S/C15H22ClIN2O3S/c1-10(2)19-23(20,21)9-15-12(8-18-5-6-22-15)11-3-4-14(17)13(16)7-11/h3-4,7,10,12,15,18-19H,5-6,8-9H2,1-2H3/t12-,15+/m0/s1. The Kier molecular flexibility index (Phi) is 7.12. The molecular weight excluding hydrogens is 451 g/mol. The molecule has 23 heavy (non-hydrogen) atoms. The largest absolute Gasteiger partial charge is 0.375 e. The number of benzene rings is 1. The average molecular weight is 473 g/mol. The van der Waals surface area contributed by atoms with Crippen molar-refractivity contribution in [2.45, 2.75) is 31.9 Å². The lowest BCUT2D eigenvalue weighted by atomic mass is 9.94. The minimum atomic E-state index is -3.39. The van der Waals surface area contributed by atoms with Gasteiger partial charge in [0.2, 0.25) is 10.0 Å². The molecule has 130 valence electrons. The topological polar surface area (TPSA) is 67.4 Å². The number of nitrogens with one attached hydrogen (secondary N) is 2. The summed E-state index contributed by atoms with van der Waals surface area (Å²) in [6.45, 7) is 5.49. The van der Waals surface area contributed by atoms with E-state index < -0.39 is 16.1 Å². The number of ether oxygens (including phenoxy) is 1. The number of sulfonamides is 1. The Bertz CT molecular complexity index is 640. The summed E-state index contributed by atoms with van der Waals surface area (Å²) >= 11 is 8.40. The highest BCUT2D eigenvalue weighted by molar-refractivity contribution is 14.1. The van der Waals surface area contributed by atoms with Gasteiger partial charge in [0.15, 0.2) is 0 Å². The zero-order valence-electron chi connectivity index (χ0n) is 13.2. The molecule has 0 radical (unpaired) electrons. The van der Waals surface area contributed by atoms with Crippen LogP contribution in [0.1, 0.15) is 25.3 Å². The fourth-order valence-corrected chi connectivity index (χ4v) is 4.75. The number of halogens is 2. The van der Waals surface area contributed by atoms with Crippen LogP contribution in [0.2, 0.25) is 5.02 Å². The third-order valence-corrected chi connectivity index (χ3v) is 6.76. The lowest BCUT2D eigenvalue weighted by molar-refractivity contribution is 0.0678. The Morgan fingerprint density at radius 3 is 2.87 bits per heavy atom. The molecule has 0 unspecified atom stereocenters. The summed E-state index contributed by atoms with van der Waals surface area (Å²) in [5.41, 5.74) is 0.995. The SMILES string of the molecule is CC(C)NS(=O)(=O)C[C@H]1OCCNC[C@H]1c1ccc(I)c(Cl)c1. The maximum absolute atomic E-state index is 12.3. The molecule has 1 aliphatic rings. The predicted octanol–water partition coefficient (Wildman–Crippen LogP) is 2.34. The maximum Gasteiger partial charge on any atom is 0.214 e. The van der Waals surface area contributed by atoms with Gasteiger partial charge >= 0.3 is 0 Å². The highest BCUT2D eigenvalue weighted by atomic mass is 127. The molecule has 1 aromatic carbocycles. The Labute approximate surface area is 156 Å². The van der Waals surface area contributed by atoms with Crippen molar-refractivity contribution in [2.24, 2.45) is 0 Å². The minimum Gasteiger partial charge on any atom is -0.375 e. The first-order valence-electron chi connectivity index (χ1n) is 7.56. The average Bonchev–Trinajstić information content (AvgIpc) is 2.65. The maximum atomic E-state index is 12.3. The van der Waals surface area contributed by atoms with Gasteiger partial charge in [0.1, 0.15) is 0 Å². The molecule has 5 nitrogen and oxygen atoms in total. The molecular formula is C15H22ClIN2O3S. The summed E-state index contributed by atoms with van der Waals surface area (Å²) < 4.78 is 34.0. The summed E-state index contributed by atoms with van der Waals surface area (Å²) in [7, 11) is -3.39. The van der Waals surface area contributed by atoms with Gasteiger partial charge in [-0.3, -0.25) is 0 Å². The van der Waals surface area contributed by atoms with Gasteiger partial charge in [0.25, 0.3) is 0 Å². The highest BCUT2D eigenvalue weighted by Gasteiger charge is 2.31. The van der Waals surface area contributed by atoms with Crippen LogP contribution < -0.4 is 10.0 Å². The number of hydrogen-bond acceptors (Lipinski definition) is 4. The van der Waals surface area contributed by atoms with Crippen molar-refractivity contribution in [2.75, 3.05) is 25.4 Å². The van der Waals surface area contributed by atoms with Gasteiger partial charge in [-0.1, -0.05) is 17.7 Å². The molecule has 8 heteroatoms. The molecule has 1 saturated heterocycles. The number of hydrogen-bond donors (Lipinski definition) is 2. The van der Waals surface area contributed by atoms with Crippen molar-refractivity contribution < 1.29 is 13.2 Å². The van der Waals surface area contributed by atoms with Crippen molar-refractivity contribution in [1.82, 2.24) is 10.0 Å². The van der Waals surface area contributed by atoms with Crippen LogP contribution in [0.3, 0.4) is 0 Å². The molecule has 0 amide bonds. The number of rotatable bonds is 5. The van der Waals surface area contributed by atoms with E-state index in [4.69, 9.17) is 16.3 Å². The molecule has 0 bridgehead atoms. The Balaban J connectivity index is 2.24. The molecule has 2 N–H and O–H groups in total. The molecule has 1 heterocycles. The monoisotopic (exact) mass is 472 g/mol. The molecule has 2 atom stereocenters.